The van der Waals surface area contributed by atoms with Crippen LogP contribution in [0.4, 0.5) is 0 Å². The van der Waals surface area contributed by atoms with Gasteiger partial charge in [0.1, 0.15) is 6.61 Å². The van der Waals surface area contributed by atoms with Gasteiger partial charge in [-0.15, -0.1) is 0 Å². The quantitative estimate of drug-likeness (QED) is 0.556. The fourth-order valence-corrected chi connectivity index (χ4v) is 1.95. The molecule has 19 heavy (non-hydrogen) atoms. The molecule has 0 aliphatic heterocycles. The van der Waals surface area contributed by atoms with Gasteiger partial charge in [-0.05, 0) is 17.7 Å². The molecule has 0 atom stereocenters. The Labute approximate surface area is 111 Å². The highest BCUT2D eigenvalue weighted by atomic mass is 16.6. The zero-order valence-corrected chi connectivity index (χ0v) is 10.4. The number of para-hydroxylation sites is 1. The lowest BCUT2D eigenvalue weighted by Crippen LogP contribution is -1.87. The molecule has 0 radical (unpaired) electrons. The lowest BCUT2D eigenvalue weighted by molar-refractivity contribution is 0.132. The minimum Gasteiger partial charge on any atom is -0.391 e. The van der Waals surface area contributed by atoms with Crippen molar-refractivity contribution in [2.45, 2.75) is 6.61 Å². The van der Waals surface area contributed by atoms with Crippen molar-refractivity contribution in [2.75, 3.05) is 0 Å². The highest BCUT2D eigenvalue weighted by molar-refractivity contribution is 5.89. The first kappa shape index (κ1) is 11.5. The summed E-state index contributed by atoms with van der Waals surface area (Å²) >= 11 is 0. The van der Waals surface area contributed by atoms with Gasteiger partial charge in [-0.3, -0.25) is 0 Å². The minimum atomic E-state index is 0.484. The van der Waals surface area contributed by atoms with E-state index >= 15 is 0 Å². The molecule has 3 heteroatoms. The maximum Gasteiger partial charge on any atom is 0.142 e. The van der Waals surface area contributed by atoms with Crippen molar-refractivity contribution in [3.63, 3.8) is 0 Å². The highest BCUT2D eigenvalue weighted by Gasteiger charge is 1.96. The van der Waals surface area contributed by atoms with Gasteiger partial charge in [0.2, 0.25) is 0 Å². The molecule has 0 aliphatic rings. The van der Waals surface area contributed by atoms with E-state index in [4.69, 9.17) is 4.84 Å². The van der Waals surface area contributed by atoms with Crippen LogP contribution in [0.5, 0.6) is 0 Å². The molecule has 3 aromatic rings. The number of oxime groups is 1. The third-order valence-corrected chi connectivity index (χ3v) is 2.89. The normalized spacial score (nSPS) is 11.2. The average molecular weight is 250 g/mol. The molecule has 0 saturated heterocycles. The summed E-state index contributed by atoms with van der Waals surface area (Å²) < 4.78 is 0. The molecule has 0 fully saturated rings. The Balaban J connectivity index is 1.63. The Morgan fingerprint density at radius 3 is 2.63 bits per heavy atom. The van der Waals surface area contributed by atoms with E-state index in [0.717, 1.165) is 16.8 Å². The standard InChI is InChI=1S/C16H14N2O/c1-2-6-13(7-3-1)12-19-17-11-15-10-14-8-4-5-9-16(14)18-15/h1-11,18H,12H2. The molecule has 1 N–H and O–H groups in total. The van der Waals surface area contributed by atoms with Crippen LogP contribution in [0.2, 0.25) is 0 Å². The predicted octanol–water partition coefficient (Wildman–Crippen LogP) is 3.72. The third-order valence-electron chi connectivity index (χ3n) is 2.89. The maximum absolute atomic E-state index is 5.27. The van der Waals surface area contributed by atoms with Crippen molar-refractivity contribution in [1.82, 2.24) is 4.98 Å². The molecule has 0 unspecified atom stereocenters. The van der Waals surface area contributed by atoms with Crippen molar-refractivity contribution in [3.8, 4) is 0 Å². The summed E-state index contributed by atoms with van der Waals surface area (Å²) in [5.74, 6) is 0. The number of hydrogen-bond acceptors (Lipinski definition) is 2. The van der Waals surface area contributed by atoms with Gasteiger partial charge in [0, 0.05) is 10.9 Å². The molecule has 0 saturated carbocycles. The number of nitrogens with zero attached hydrogens (tertiary/aromatic N) is 1. The first-order valence-electron chi connectivity index (χ1n) is 6.19. The Morgan fingerprint density at radius 1 is 1.00 bits per heavy atom. The SMILES string of the molecule is C(=NOCc1ccccc1)c1cc2ccccc2[nH]1. The number of aromatic nitrogens is 1. The summed E-state index contributed by atoms with van der Waals surface area (Å²) in [6.07, 6.45) is 1.70. The van der Waals surface area contributed by atoms with E-state index in [-0.39, 0.29) is 0 Å². The fourth-order valence-electron chi connectivity index (χ4n) is 1.95. The number of hydrogen-bond donors (Lipinski definition) is 1. The first-order valence-corrected chi connectivity index (χ1v) is 6.19. The number of benzene rings is 2. The molecule has 1 heterocycles. The fraction of sp³-hybridized carbons (Fsp3) is 0.0625. The summed E-state index contributed by atoms with van der Waals surface area (Å²) in [7, 11) is 0. The lowest BCUT2D eigenvalue weighted by Gasteiger charge is -1.97. The van der Waals surface area contributed by atoms with E-state index in [1.54, 1.807) is 6.21 Å². The van der Waals surface area contributed by atoms with E-state index < -0.39 is 0 Å². The molecule has 3 rings (SSSR count). The van der Waals surface area contributed by atoms with E-state index in [1.165, 1.54) is 5.39 Å². The van der Waals surface area contributed by atoms with Crippen molar-refractivity contribution < 1.29 is 4.84 Å². The van der Waals surface area contributed by atoms with Crippen molar-refractivity contribution >= 4 is 17.1 Å². The number of fused-ring (bicyclic) bond motifs is 1. The Hall–Kier alpha value is -2.55. The Morgan fingerprint density at radius 2 is 1.79 bits per heavy atom. The number of rotatable bonds is 4. The van der Waals surface area contributed by atoms with E-state index in [1.807, 2.05) is 54.6 Å². The summed E-state index contributed by atoms with van der Waals surface area (Å²) in [5, 5.41) is 5.15. The van der Waals surface area contributed by atoms with E-state index in [2.05, 4.69) is 16.2 Å². The predicted molar refractivity (Wildman–Crippen MR) is 77.1 cm³/mol. The van der Waals surface area contributed by atoms with Gasteiger partial charge in [0.15, 0.2) is 0 Å². The van der Waals surface area contributed by atoms with Crippen molar-refractivity contribution in [3.05, 3.63) is 71.9 Å². The topological polar surface area (TPSA) is 37.4 Å². The van der Waals surface area contributed by atoms with Crippen molar-refractivity contribution in [2.24, 2.45) is 5.16 Å². The molecule has 2 aromatic carbocycles. The zero-order valence-electron chi connectivity index (χ0n) is 10.4. The number of nitrogens with one attached hydrogen (secondary N) is 1. The molecule has 0 amide bonds. The van der Waals surface area contributed by atoms with Gasteiger partial charge in [0.25, 0.3) is 0 Å². The monoisotopic (exact) mass is 250 g/mol. The van der Waals surface area contributed by atoms with Gasteiger partial charge in [-0.1, -0.05) is 53.7 Å². The highest BCUT2D eigenvalue weighted by Crippen LogP contribution is 2.13. The second-order valence-corrected chi connectivity index (χ2v) is 4.31. The largest absolute Gasteiger partial charge is 0.391 e. The van der Waals surface area contributed by atoms with Crippen LogP contribution < -0.4 is 0 Å². The van der Waals surface area contributed by atoms with Crippen LogP contribution in [0.1, 0.15) is 11.3 Å². The maximum atomic E-state index is 5.27. The summed E-state index contributed by atoms with van der Waals surface area (Å²) in [6.45, 7) is 0.484. The summed E-state index contributed by atoms with van der Waals surface area (Å²) in [4.78, 5) is 8.53. The van der Waals surface area contributed by atoms with Gasteiger partial charge in [-0.25, -0.2) is 0 Å². The average Bonchev–Trinajstić information content (AvgIpc) is 2.87. The second kappa shape index (κ2) is 5.40. The molecule has 3 nitrogen and oxygen atoms in total. The second-order valence-electron chi connectivity index (χ2n) is 4.31. The Kier molecular flexibility index (Phi) is 3.28. The number of H-pyrrole nitrogens is 1. The Bertz CT molecular complexity index is 653. The molecule has 0 bridgehead atoms. The van der Waals surface area contributed by atoms with Crippen LogP contribution in [0.3, 0.4) is 0 Å². The molecule has 94 valence electrons. The van der Waals surface area contributed by atoms with E-state index in [9.17, 15) is 0 Å². The summed E-state index contributed by atoms with van der Waals surface area (Å²) in [6, 6.07) is 20.2. The summed E-state index contributed by atoms with van der Waals surface area (Å²) in [5.41, 5.74) is 3.15. The van der Waals surface area contributed by atoms with Gasteiger partial charge < -0.3 is 9.82 Å². The molecular weight excluding hydrogens is 236 g/mol. The molecular formula is C16H14N2O. The number of aromatic amines is 1. The van der Waals surface area contributed by atoms with Gasteiger partial charge >= 0.3 is 0 Å². The van der Waals surface area contributed by atoms with Gasteiger partial charge in [-0.2, -0.15) is 0 Å². The molecule has 0 aliphatic carbocycles. The van der Waals surface area contributed by atoms with Crippen LogP contribution in [-0.4, -0.2) is 11.2 Å². The van der Waals surface area contributed by atoms with Crippen LogP contribution in [0, 0.1) is 0 Å². The van der Waals surface area contributed by atoms with Crippen LogP contribution in [-0.2, 0) is 11.4 Å². The van der Waals surface area contributed by atoms with Crippen LogP contribution >= 0.6 is 0 Å². The van der Waals surface area contributed by atoms with Crippen LogP contribution in [0.25, 0.3) is 10.9 Å². The van der Waals surface area contributed by atoms with E-state index in [0.29, 0.717) is 6.61 Å². The lowest BCUT2D eigenvalue weighted by atomic mass is 10.2. The minimum absolute atomic E-state index is 0.484. The van der Waals surface area contributed by atoms with Crippen molar-refractivity contribution in [1.29, 1.82) is 0 Å². The van der Waals surface area contributed by atoms with Crippen LogP contribution in [0.15, 0.2) is 65.8 Å². The first-order chi connectivity index (χ1) is 9.42. The zero-order chi connectivity index (χ0) is 12.9. The third kappa shape index (κ3) is 2.83. The smallest absolute Gasteiger partial charge is 0.142 e. The molecule has 0 spiro atoms. The van der Waals surface area contributed by atoms with Gasteiger partial charge in [0.05, 0.1) is 11.9 Å². The molecule has 1 aromatic heterocycles.